The second kappa shape index (κ2) is 3.93. The molecule has 1 amide bonds. The van der Waals surface area contributed by atoms with E-state index in [-0.39, 0.29) is 24.4 Å². The number of carbonyl (C=O) groups excluding carboxylic acids is 2. The largest absolute Gasteiger partial charge is 0.462 e. The van der Waals surface area contributed by atoms with E-state index in [2.05, 4.69) is 10.4 Å². The number of carbonyl (C=O) groups is 2. The molecule has 2 N–H and O–H groups in total. The summed E-state index contributed by atoms with van der Waals surface area (Å²) in [4.78, 5) is 23.0. The van der Waals surface area contributed by atoms with Crippen LogP contribution in [0, 0.1) is 0 Å². The van der Waals surface area contributed by atoms with Crippen molar-refractivity contribution in [1.29, 1.82) is 0 Å². The molecule has 2 rings (SSSR count). The number of aliphatic hydroxyl groups excluding tert-OH is 1. The third-order valence-corrected chi connectivity index (χ3v) is 2.23. The molecule has 1 aromatic rings. The number of amides is 1. The van der Waals surface area contributed by atoms with Crippen molar-refractivity contribution in [3.05, 3.63) is 17.5 Å². The van der Waals surface area contributed by atoms with E-state index in [1.807, 2.05) is 0 Å². The Balaban J connectivity index is 2.42. The standard InChI is InChI=1S/C9H11N3O4/c1-2-16-9(15)5-3-11-12-6(13)4-10-8(14)7(5)12/h3,6,13H,2,4H2,1H3,(H,10,14). The smallest absolute Gasteiger partial charge is 0.342 e. The second-order valence-electron chi connectivity index (χ2n) is 3.26. The topological polar surface area (TPSA) is 93.5 Å². The van der Waals surface area contributed by atoms with E-state index in [0.717, 1.165) is 4.68 Å². The minimum absolute atomic E-state index is 0.0391. The van der Waals surface area contributed by atoms with Gasteiger partial charge in [-0.3, -0.25) is 4.79 Å². The Kier molecular flexibility index (Phi) is 2.61. The predicted molar refractivity (Wildman–Crippen MR) is 51.8 cm³/mol. The van der Waals surface area contributed by atoms with Crippen LogP contribution in [-0.2, 0) is 4.74 Å². The maximum atomic E-state index is 11.5. The molecule has 1 atom stereocenters. The molecule has 1 unspecified atom stereocenters. The number of nitrogens with zero attached hydrogens (tertiary/aromatic N) is 2. The number of nitrogens with one attached hydrogen (secondary N) is 1. The molecule has 0 radical (unpaired) electrons. The molecule has 0 aliphatic carbocycles. The van der Waals surface area contributed by atoms with E-state index in [0.29, 0.717) is 0 Å². The molecule has 1 aromatic heterocycles. The number of fused-ring (bicyclic) bond motifs is 1. The van der Waals surface area contributed by atoms with Crippen molar-refractivity contribution in [1.82, 2.24) is 15.1 Å². The van der Waals surface area contributed by atoms with Crippen LogP contribution in [0.3, 0.4) is 0 Å². The Bertz CT molecular complexity index is 440. The van der Waals surface area contributed by atoms with E-state index < -0.39 is 18.1 Å². The van der Waals surface area contributed by atoms with E-state index in [1.54, 1.807) is 6.92 Å². The van der Waals surface area contributed by atoms with Gasteiger partial charge in [0.1, 0.15) is 11.3 Å². The van der Waals surface area contributed by atoms with Crippen molar-refractivity contribution in [2.45, 2.75) is 13.2 Å². The zero-order valence-electron chi connectivity index (χ0n) is 8.64. The fraction of sp³-hybridized carbons (Fsp3) is 0.444. The lowest BCUT2D eigenvalue weighted by Crippen LogP contribution is -2.40. The van der Waals surface area contributed by atoms with Crippen molar-refractivity contribution in [3.63, 3.8) is 0 Å². The Morgan fingerprint density at radius 2 is 2.56 bits per heavy atom. The average Bonchev–Trinajstić information content (AvgIpc) is 2.69. The Morgan fingerprint density at radius 1 is 1.81 bits per heavy atom. The summed E-state index contributed by atoms with van der Waals surface area (Å²) in [7, 11) is 0. The molecular weight excluding hydrogens is 214 g/mol. The molecule has 86 valence electrons. The van der Waals surface area contributed by atoms with Crippen LogP contribution in [0.5, 0.6) is 0 Å². The van der Waals surface area contributed by atoms with Gasteiger partial charge in [0.2, 0.25) is 0 Å². The SMILES string of the molecule is CCOC(=O)c1cnn2c1C(=O)NCC2O. The van der Waals surface area contributed by atoms with Gasteiger partial charge in [0.15, 0.2) is 6.23 Å². The lowest BCUT2D eigenvalue weighted by Gasteiger charge is -2.20. The molecule has 1 aliphatic rings. The molecule has 7 nitrogen and oxygen atoms in total. The highest BCUT2D eigenvalue weighted by atomic mass is 16.5. The summed E-state index contributed by atoms with van der Waals surface area (Å²) in [5.74, 6) is -1.06. The zero-order valence-corrected chi connectivity index (χ0v) is 8.64. The summed E-state index contributed by atoms with van der Waals surface area (Å²) >= 11 is 0. The fourth-order valence-electron chi connectivity index (χ4n) is 1.53. The number of β-amino-alcohol motifs (C(OH)–C–C–N with tert-alkyl or cyclic N) is 1. The molecule has 0 fully saturated rings. The van der Waals surface area contributed by atoms with E-state index in [1.165, 1.54) is 6.20 Å². The van der Waals surface area contributed by atoms with Crippen LogP contribution < -0.4 is 5.32 Å². The van der Waals surface area contributed by atoms with Crippen LogP contribution in [0.4, 0.5) is 0 Å². The molecule has 0 saturated carbocycles. The van der Waals surface area contributed by atoms with E-state index in [4.69, 9.17) is 4.74 Å². The van der Waals surface area contributed by atoms with Crippen LogP contribution in [-0.4, -0.2) is 39.9 Å². The first-order valence-corrected chi connectivity index (χ1v) is 4.86. The molecule has 0 aromatic carbocycles. The quantitative estimate of drug-likeness (QED) is 0.649. The first-order valence-electron chi connectivity index (χ1n) is 4.86. The van der Waals surface area contributed by atoms with Crippen molar-refractivity contribution in [3.8, 4) is 0 Å². The number of aliphatic hydroxyl groups is 1. The summed E-state index contributed by atoms with van der Waals surface area (Å²) in [6, 6.07) is 0. The van der Waals surface area contributed by atoms with Crippen LogP contribution in [0.2, 0.25) is 0 Å². The maximum absolute atomic E-state index is 11.5. The van der Waals surface area contributed by atoms with Crippen molar-refractivity contribution < 1.29 is 19.4 Å². The molecule has 0 saturated heterocycles. The molecule has 0 bridgehead atoms. The Labute approximate surface area is 91.0 Å². The van der Waals surface area contributed by atoms with E-state index in [9.17, 15) is 14.7 Å². The number of esters is 1. The summed E-state index contributed by atoms with van der Waals surface area (Å²) in [5.41, 5.74) is 0.107. The van der Waals surface area contributed by atoms with Crippen LogP contribution in [0.15, 0.2) is 6.20 Å². The molecule has 1 aliphatic heterocycles. The highest BCUT2D eigenvalue weighted by Crippen LogP contribution is 2.17. The lowest BCUT2D eigenvalue weighted by molar-refractivity contribution is 0.0502. The van der Waals surface area contributed by atoms with Gasteiger partial charge in [-0.1, -0.05) is 0 Å². The summed E-state index contributed by atoms with van der Waals surface area (Å²) in [6.45, 7) is 1.96. The van der Waals surface area contributed by atoms with Crippen molar-refractivity contribution in [2.75, 3.05) is 13.2 Å². The Hall–Kier alpha value is -1.89. The van der Waals surface area contributed by atoms with E-state index >= 15 is 0 Å². The molecule has 2 heterocycles. The highest BCUT2D eigenvalue weighted by Gasteiger charge is 2.30. The lowest BCUT2D eigenvalue weighted by atomic mass is 10.2. The van der Waals surface area contributed by atoms with Gasteiger partial charge >= 0.3 is 5.97 Å². The van der Waals surface area contributed by atoms with Gasteiger partial charge in [0.25, 0.3) is 5.91 Å². The summed E-state index contributed by atoms with van der Waals surface area (Å²) < 4.78 is 5.90. The molecule has 16 heavy (non-hydrogen) atoms. The number of hydrogen-bond acceptors (Lipinski definition) is 5. The molecule has 7 heteroatoms. The van der Waals surface area contributed by atoms with Crippen molar-refractivity contribution >= 4 is 11.9 Å². The van der Waals surface area contributed by atoms with Gasteiger partial charge in [-0.05, 0) is 6.92 Å². The first-order chi connectivity index (χ1) is 7.65. The van der Waals surface area contributed by atoms with Gasteiger partial charge in [-0.2, -0.15) is 5.10 Å². The highest BCUT2D eigenvalue weighted by molar-refractivity contribution is 6.04. The second-order valence-corrected chi connectivity index (χ2v) is 3.26. The third-order valence-electron chi connectivity index (χ3n) is 2.23. The minimum atomic E-state index is -0.948. The zero-order chi connectivity index (χ0) is 11.7. The first kappa shape index (κ1) is 10.6. The summed E-state index contributed by atoms with van der Waals surface area (Å²) in [6.07, 6.45) is 0.275. The van der Waals surface area contributed by atoms with Gasteiger partial charge in [0, 0.05) is 0 Å². The van der Waals surface area contributed by atoms with Gasteiger partial charge in [-0.25, -0.2) is 9.48 Å². The Morgan fingerprint density at radius 3 is 3.25 bits per heavy atom. The maximum Gasteiger partial charge on any atom is 0.342 e. The normalized spacial score (nSPS) is 18.9. The third kappa shape index (κ3) is 1.54. The van der Waals surface area contributed by atoms with Crippen LogP contribution in [0.25, 0.3) is 0 Å². The van der Waals surface area contributed by atoms with Crippen LogP contribution in [0.1, 0.15) is 34.0 Å². The van der Waals surface area contributed by atoms with Crippen molar-refractivity contribution in [2.24, 2.45) is 0 Å². The number of rotatable bonds is 2. The average molecular weight is 225 g/mol. The van der Waals surface area contributed by atoms with Gasteiger partial charge < -0.3 is 15.2 Å². The summed E-state index contributed by atoms with van der Waals surface area (Å²) in [5, 5.41) is 15.8. The van der Waals surface area contributed by atoms with Gasteiger partial charge in [0.05, 0.1) is 19.3 Å². The van der Waals surface area contributed by atoms with Gasteiger partial charge in [-0.15, -0.1) is 0 Å². The number of aromatic nitrogens is 2. The minimum Gasteiger partial charge on any atom is -0.462 e. The van der Waals surface area contributed by atoms with Crippen LogP contribution >= 0.6 is 0 Å². The predicted octanol–water partition coefficient (Wildman–Crippen LogP) is -0.706. The number of ether oxygens (including phenoxy) is 1. The molecule has 0 spiro atoms. The monoisotopic (exact) mass is 225 g/mol. The molecular formula is C9H11N3O4. The fourth-order valence-corrected chi connectivity index (χ4v) is 1.53. The number of hydrogen-bond donors (Lipinski definition) is 2.